The van der Waals surface area contributed by atoms with Gasteiger partial charge in [0, 0.05) is 6.42 Å². The van der Waals surface area contributed by atoms with Gasteiger partial charge in [0.1, 0.15) is 73.2 Å². The zero-order valence-electron chi connectivity index (χ0n) is 65.3. The van der Waals surface area contributed by atoms with Crippen molar-refractivity contribution in [1.29, 1.82) is 0 Å². The Labute approximate surface area is 630 Å². The average Bonchev–Trinajstić information content (AvgIpc) is 0.783. The van der Waals surface area contributed by atoms with Crippen LogP contribution in [0, 0.1) is 0 Å². The highest BCUT2D eigenvalue weighted by Crippen LogP contribution is 2.33. The third-order valence-electron chi connectivity index (χ3n) is 21.1. The van der Waals surface area contributed by atoms with Gasteiger partial charge in [-0.25, -0.2) is 0 Å². The Morgan fingerprint density at radius 1 is 0.356 bits per heavy atom. The molecule has 0 radical (unpaired) electrons. The molecule has 608 valence electrons. The number of aliphatic hydroxyl groups excluding tert-OH is 11. The lowest BCUT2D eigenvalue weighted by Gasteiger charge is -2.48. The van der Waals surface area contributed by atoms with E-state index in [-0.39, 0.29) is 18.9 Å². The average molecular weight is 1480 g/mol. The topological polar surface area (TPSA) is 307 Å². The summed E-state index contributed by atoms with van der Waals surface area (Å²) < 4.78 is 34.6. The van der Waals surface area contributed by atoms with Gasteiger partial charge in [-0.1, -0.05) is 338 Å². The molecule has 17 unspecified atom stereocenters. The van der Waals surface area contributed by atoms with E-state index in [0.717, 1.165) is 83.5 Å². The first kappa shape index (κ1) is 95.7. The van der Waals surface area contributed by atoms with Crippen molar-refractivity contribution in [1.82, 2.24) is 5.32 Å². The Bertz CT molecular complexity index is 2110. The lowest BCUT2D eigenvalue weighted by atomic mass is 9.96. The maximum atomic E-state index is 13.5. The first-order valence-electron chi connectivity index (χ1n) is 42.5. The zero-order chi connectivity index (χ0) is 75.3. The summed E-state index contributed by atoms with van der Waals surface area (Å²) in [6, 6.07) is -0.894. The monoisotopic (exact) mass is 1480 g/mol. The van der Waals surface area contributed by atoms with Gasteiger partial charge in [0.05, 0.1) is 38.6 Å². The number of ether oxygens (including phenoxy) is 6. The van der Waals surface area contributed by atoms with Crippen LogP contribution in [-0.2, 0) is 33.2 Å². The highest BCUT2D eigenvalue weighted by molar-refractivity contribution is 5.76. The van der Waals surface area contributed by atoms with Crippen LogP contribution in [0.3, 0.4) is 0 Å². The molecule has 0 aromatic heterocycles. The number of carbonyl (C=O) groups is 1. The van der Waals surface area contributed by atoms with Gasteiger partial charge in [0.25, 0.3) is 0 Å². The maximum absolute atomic E-state index is 13.5. The second kappa shape index (κ2) is 65.2. The molecule has 17 atom stereocenters. The molecule has 0 aromatic carbocycles. The van der Waals surface area contributed by atoms with Crippen molar-refractivity contribution in [3.05, 3.63) is 60.8 Å². The molecular formula is C85H155NO18. The predicted octanol–water partition coefficient (Wildman–Crippen LogP) is 15.0. The number of amides is 1. The standard InChI is InChI=1S/C85H155NO18/c1-3-5-7-9-11-13-15-17-19-21-23-25-27-29-31-32-33-34-35-37-38-40-42-44-46-48-50-52-54-56-58-60-62-69(90)68(86-73(91)63-61-59-57-55-53-51-49-47-45-43-41-39-36-30-28-26-24-22-20-18-16-14-12-10-8-6-4-2)67-99-83-79(97)76(94)81(71(65-88)101-83)104-85-80(98)77(95)82(72(66-89)102-85)103-84-78(96)75(93)74(92)70(64-87)100-84/h6,8,12,14,18,20,24,26,30,36,68-72,74-85,87-90,92-98H,3-5,7,9-11,13,15-17,19,21-23,25,27-29,31-35,37-67H2,1-2H3,(H,86,91)/b8-6-,14-12-,20-18-,26-24-,36-30-. The molecular weight excluding hydrogens is 1320 g/mol. The molecule has 3 saturated heterocycles. The summed E-state index contributed by atoms with van der Waals surface area (Å²) in [7, 11) is 0. The Balaban J connectivity index is 1.35. The van der Waals surface area contributed by atoms with Crippen molar-refractivity contribution in [2.24, 2.45) is 0 Å². The van der Waals surface area contributed by atoms with E-state index in [1.54, 1.807) is 0 Å². The number of hydrogen-bond donors (Lipinski definition) is 12. The summed E-state index contributed by atoms with van der Waals surface area (Å²) in [5, 5.41) is 121. The van der Waals surface area contributed by atoms with Gasteiger partial charge in [-0.05, 0) is 57.8 Å². The third-order valence-corrected chi connectivity index (χ3v) is 21.1. The number of rotatable bonds is 68. The van der Waals surface area contributed by atoms with Crippen molar-refractivity contribution < 1.29 is 89.4 Å². The second-order valence-corrected chi connectivity index (χ2v) is 30.3. The largest absolute Gasteiger partial charge is 0.394 e. The SMILES string of the molecule is CC/C=C\C/C=C\C/C=C\C/C=C\C/C=C\CCCCCCCCCCCCCC(=O)NC(COC1OC(CO)C(OC2OC(CO)C(OC3OC(CO)C(O)C(O)C3O)C(O)C2O)C(O)C1O)C(O)CCCCCCCCCCCCCCCCCCCCCCCCCCCCCCCCCC. The molecule has 104 heavy (non-hydrogen) atoms. The van der Waals surface area contributed by atoms with Crippen LogP contribution in [0.25, 0.3) is 0 Å². The maximum Gasteiger partial charge on any atom is 0.220 e. The first-order valence-corrected chi connectivity index (χ1v) is 42.5. The van der Waals surface area contributed by atoms with Gasteiger partial charge in [-0.15, -0.1) is 0 Å². The van der Waals surface area contributed by atoms with Crippen molar-refractivity contribution in [2.75, 3.05) is 26.4 Å². The van der Waals surface area contributed by atoms with Gasteiger partial charge in [0.2, 0.25) is 5.91 Å². The number of allylic oxidation sites excluding steroid dienone is 10. The van der Waals surface area contributed by atoms with E-state index in [1.165, 1.54) is 225 Å². The number of hydrogen-bond acceptors (Lipinski definition) is 18. The molecule has 3 aliphatic rings. The van der Waals surface area contributed by atoms with Crippen LogP contribution < -0.4 is 5.32 Å². The van der Waals surface area contributed by atoms with Crippen LogP contribution in [0.1, 0.15) is 341 Å². The van der Waals surface area contributed by atoms with Crippen LogP contribution in [-0.4, -0.2) is 193 Å². The second-order valence-electron chi connectivity index (χ2n) is 30.3. The minimum absolute atomic E-state index is 0.243. The summed E-state index contributed by atoms with van der Waals surface area (Å²) in [6.45, 7) is 1.73. The minimum atomic E-state index is -1.98. The van der Waals surface area contributed by atoms with E-state index in [2.05, 4.69) is 79.9 Å². The third kappa shape index (κ3) is 44.4. The Kier molecular flexibility index (Phi) is 60.0. The molecule has 1 amide bonds. The smallest absolute Gasteiger partial charge is 0.220 e. The van der Waals surface area contributed by atoms with Gasteiger partial charge in [-0.2, -0.15) is 0 Å². The lowest BCUT2D eigenvalue weighted by Crippen LogP contribution is -2.66. The number of carbonyl (C=O) groups excluding carboxylic acids is 1. The highest BCUT2D eigenvalue weighted by atomic mass is 16.8. The molecule has 3 aliphatic heterocycles. The summed E-state index contributed by atoms with van der Waals surface area (Å²) in [4.78, 5) is 13.5. The van der Waals surface area contributed by atoms with Crippen LogP contribution in [0.4, 0.5) is 0 Å². The van der Waals surface area contributed by atoms with Crippen LogP contribution >= 0.6 is 0 Å². The lowest BCUT2D eigenvalue weighted by molar-refractivity contribution is -0.379. The van der Waals surface area contributed by atoms with Gasteiger partial charge in [-0.3, -0.25) is 4.79 Å². The van der Waals surface area contributed by atoms with E-state index >= 15 is 0 Å². The quantitative estimate of drug-likeness (QED) is 0.0199. The molecule has 3 fully saturated rings. The number of unbranched alkanes of at least 4 members (excludes halogenated alkanes) is 42. The normalized spacial score (nSPS) is 26.2. The van der Waals surface area contributed by atoms with E-state index in [4.69, 9.17) is 28.4 Å². The molecule has 19 nitrogen and oxygen atoms in total. The van der Waals surface area contributed by atoms with Crippen LogP contribution in [0.15, 0.2) is 60.8 Å². The van der Waals surface area contributed by atoms with Gasteiger partial charge < -0.3 is 89.9 Å². The van der Waals surface area contributed by atoms with E-state index < -0.39 is 124 Å². The van der Waals surface area contributed by atoms with Crippen LogP contribution in [0.2, 0.25) is 0 Å². The van der Waals surface area contributed by atoms with Crippen molar-refractivity contribution >= 4 is 5.91 Å². The molecule has 3 heterocycles. The molecule has 0 saturated carbocycles. The summed E-state index contributed by atoms with van der Waals surface area (Å²) in [6.07, 6.45) is 57.4. The fourth-order valence-electron chi connectivity index (χ4n) is 14.3. The summed E-state index contributed by atoms with van der Waals surface area (Å²) in [5.41, 5.74) is 0. The molecule has 0 bridgehead atoms. The van der Waals surface area contributed by atoms with E-state index in [1.807, 2.05) is 0 Å². The van der Waals surface area contributed by atoms with Crippen molar-refractivity contribution in [2.45, 2.75) is 446 Å². The number of nitrogens with one attached hydrogen (secondary N) is 1. The molecule has 3 rings (SSSR count). The first-order chi connectivity index (χ1) is 50.8. The van der Waals surface area contributed by atoms with E-state index in [0.29, 0.717) is 12.8 Å². The van der Waals surface area contributed by atoms with Crippen LogP contribution in [0.5, 0.6) is 0 Å². The Morgan fingerprint density at radius 3 is 1.04 bits per heavy atom. The Hall–Kier alpha value is -2.51. The molecule has 19 heteroatoms. The highest BCUT2D eigenvalue weighted by Gasteiger charge is 2.54. The van der Waals surface area contributed by atoms with E-state index in [9.17, 15) is 61.0 Å². The molecule has 0 aliphatic carbocycles. The zero-order valence-corrected chi connectivity index (χ0v) is 65.3. The Morgan fingerprint density at radius 2 is 0.663 bits per heavy atom. The predicted molar refractivity (Wildman–Crippen MR) is 415 cm³/mol. The minimum Gasteiger partial charge on any atom is -0.394 e. The molecule has 0 aromatic rings. The summed E-state index contributed by atoms with van der Waals surface area (Å²) in [5.74, 6) is -0.243. The molecule has 12 N–H and O–H groups in total. The van der Waals surface area contributed by atoms with Crippen molar-refractivity contribution in [3.8, 4) is 0 Å². The van der Waals surface area contributed by atoms with Crippen molar-refractivity contribution in [3.63, 3.8) is 0 Å². The van der Waals surface area contributed by atoms with Gasteiger partial charge in [0.15, 0.2) is 18.9 Å². The fraction of sp³-hybridized carbons (Fsp3) is 0.871. The fourth-order valence-corrected chi connectivity index (χ4v) is 14.3. The van der Waals surface area contributed by atoms with Gasteiger partial charge >= 0.3 is 0 Å². The number of aliphatic hydroxyl groups is 11. The molecule has 0 spiro atoms. The summed E-state index contributed by atoms with van der Waals surface area (Å²) >= 11 is 0.